The first-order valence-corrected chi connectivity index (χ1v) is 10.4. The summed E-state index contributed by atoms with van der Waals surface area (Å²) in [7, 11) is 0. The summed E-state index contributed by atoms with van der Waals surface area (Å²) in [4.78, 5) is 13.8. The maximum Gasteiger partial charge on any atom is 0.490 e. The van der Waals surface area contributed by atoms with Crippen LogP contribution in [0.15, 0.2) is 84.9 Å². The van der Waals surface area contributed by atoms with Gasteiger partial charge in [0.1, 0.15) is 11.3 Å². The van der Waals surface area contributed by atoms with Gasteiger partial charge in [-0.3, -0.25) is 9.98 Å². The average molecular weight is 506 g/mol. The lowest BCUT2D eigenvalue weighted by Crippen LogP contribution is -2.21. The number of carboxylic acid groups (broad SMARTS) is 1. The maximum atomic E-state index is 10.6. The highest BCUT2D eigenvalue weighted by atomic mass is 35.5. The average Bonchev–Trinajstić information content (AvgIpc) is 2.81. The van der Waals surface area contributed by atoms with Crippen LogP contribution in [0.1, 0.15) is 0 Å². The van der Waals surface area contributed by atoms with Crippen LogP contribution in [0, 0.1) is 5.41 Å². The SMILES string of the molecule is N=c1cc(-c2ccccc2)nc(-c2ccccc2)n1-c1ccc(Cl)c(Cl)c1.O=C(O)C(F)(F)F. The van der Waals surface area contributed by atoms with E-state index in [1.54, 1.807) is 22.8 Å². The van der Waals surface area contributed by atoms with Crippen molar-refractivity contribution in [3.8, 4) is 28.3 Å². The molecule has 4 aromatic rings. The number of aliphatic carboxylic acids is 1. The van der Waals surface area contributed by atoms with E-state index in [0.717, 1.165) is 22.5 Å². The third-order valence-corrected chi connectivity index (χ3v) is 5.20. The smallest absolute Gasteiger partial charge is 0.475 e. The summed E-state index contributed by atoms with van der Waals surface area (Å²) in [5, 5.41) is 16.7. The van der Waals surface area contributed by atoms with Gasteiger partial charge in [-0.05, 0) is 18.2 Å². The van der Waals surface area contributed by atoms with E-state index in [4.69, 9.17) is 43.5 Å². The summed E-state index contributed by atoms with van der Waals surface area (Å²) in [5.41, 5.74) is 3.66. The minimum Gasteiger partial charge on any atom is -0.475 e. The van der Waals surface area contributed by atoms with Gasteiger partial charge in [0.25, 0.3) is 0 Å². The molecule has 34 heavy (non-hydrogen) atoms. The highest BCUT2D eigenvalue weighted by Gasteiger charge is 2.38. The Balaban J connectivity index is 0.000000406. The third kappa shape index (κ3) is 6.03. The Bertz CT molecular complexity index is 1360. The van der Waals surface area contributed by atoms with Gasteiger partial charge in [-0.25, -0.2) is 9.78 Å². The molecule has 0 unspecified atom stereocenters. The van der Waals surface area contributed by atoms with Crippen LogP contribution < -0.4 is 5.49 Å². The minimum atomic E-state index is -5.08. The molecule has 0 saturated heterocycles. The lowest BCUT2D eigenvalue weighted by molar-refractivity contribution is -0.192. The second-order valence-electron chi connectivity index (χ2n) is 6.82. The summed E-state index contributed by atoms with van der Waals surface area (Å²) in [6.07, 6.45) is -5.08. The zero-order valence-corrected chi connectivity index (χ0v) is 18.7. The molecule has 0 fully saturated rings. The molecule has 0 atom stereocenters. The largest absolute Gasteiger partial charge is 0.490 e. The van der Waals surface area contributed by atoms with Gasteiger partial charge in [-0.1, -0.05) is 83.9 Å². The molecule has 0 spiro atoms. The van der Waals surface area contributed by atoms with Crippen LogP contribution in [0.4, 0.5) is 13.2 Å². The van der Waals surface area contributed by atoms with E-state index in [-0.39, 0.29) is 0 Å². The van der Waals surface area contributed by atoms with E-state index in [1.807, 2.05) is 66.7 Å². The summed E-state index contributed by atoms with van der Waals surface area (Å²) < 4.78 is 33.5. The van der Waals surface area contributed by atoms with Crippen LogP contribution in [0.3, 0.4) is 0 Å². The molecule has 1 aromatic heterocycles. The van der Waals surface area contributed by atoms with E-state index in [2.05, 4.69) is 0 Å². The molecule has 5 nitrogen and oxygen atoms in total. The summed E-state index contributed by atoms with van der Waals surface area (Å²) in [6.45, 7) is 0. The fourth-order valence-corrected chi connectivity index (χ4v) is 3.22. The summed E-state index contributed by atoms with van der Waals surface area (Å²) >= 11 is 12.3. The molecule has 10 heteroatoms. The number of aromatic nitrogens is 2. The van der Waals surface area contributed by atoms with Gasteiger partial charge in [-0.2, -0.15) is 13.2 Å². The van der Waals surface area contributed by atoms with Crippen LogP contribution in [0.5, 0.6) is 0 Å². The van der Waals surface area contributed by atoms with E-state index in [1.165, 1.54) is 0 Å². The van der Waals surface area contributed by atoms with Crippen LogP contribution in [0.2, 0.25) is 10.0 Å². The molecule has 1 heterocycles. The zero-order valence-electron chi connectivity index (χ0n) is 17.2. The number of hydrogen-bond donors (Lipinski definition) is 2. The van der Waals surface area contributed by atoms with E-state index < -0.39 is 12.1 Å². The van der Waals surface area contributed by atoms with E-state index >= 15 is 0 Å². The Morgan fingerprint density at radius 3 is 1.88 bits per heavy atom. The van der Waals surface area contributed by atoms with Crippen molar-refractivity contribution in [3.63, 3.8) is 0 Å². The lowest BCUT2D eigenvalue weighted by Gasteiger charge is -2.16. The quantitative estimate of drug-likeness (QED) is 0.328. The lowest BCUT2D eigenvalue weighted by atomic mass is 10.1. The summed E-state index contributed by atoms with van der Waals surface area (Å²) in [5.74, 6) is -2.09. The molecule has 0 aliphatic carbocycles. The number of nitrogens with zero attached hydrogens (tertiary/aromatic N) is 2. The van der Waals surface area contributed by atoms with Gasteiger partial charge >= 0.3 is 12.1 Å². The predicted molar refractivity (Wildman–Crippen MR) is 124 cm³/mol. The van der Waals surface area contributed by atoms with E-state index in [9.17, 15) is 13.2 Å². The fraction of sp³-hybridized carbons (Fsp3) is 0.0417. The molecule has 0 aliphatic rings. The second kappa shape index (κ2) is 10.5. The van der Waals surface area contributed by atoms with Crippen molar-refractivity contribution >= 4 is 29.2 Å². The Labute approximate surface area is 202 Å². The Morgan fingerprint density at radius 2 is 1.38 bits per heavy atom. The molecular formula is C24H16Cl2F3N3O2. The van der Waals surface area contributed by atoms with Gasteiger partial charge in [0.05, 0.1) is 21.4 Å². The van der Waals surface area contributed by atoms with Gasteiger partial charge < -0.3 is 5.11 Å². The molecule has 4 rings (SSSR count). The molecule has 0 saturated carbocycles. The number of nitrogens with one attached hydrogen (secondary N) is 1. The van der Waals surface area contributed by atoms with Gasteiger partial charge in [0.2, 0.25) is 0 Å². The van der Waals surface area contributed by atoms with Crippen molar-refractivity contribution in [2.24, 2.45) is 0 Å². The van der Waals surface area contributed by atoms with Crippen molar-refractivity contribution in [3.05, 3.63) is 100 Å². The van der Waals surface area contributed by atoms with Crippen molar-refractivity contribution in [1.82, 2.24) is 9.55 Å². The van der Waals surface area contributed by atoms with Crippen LogP contribution in [-0.4, -0.2) is 26.8 Å². The topological polar surface area (TPSA) is 79.0 Å². The van der Waals surface area contributed by atoms with Gasteiger partial charge in [-0.15, -0.1) is 0 Å². The number of benzene rings is 3. The van der Waals surface area contributed by atoms with Crippen LogP contribution in [0.25, 0.3) is 28.3 Å². The molecule has 0 radical (unpaired) electrons. The standard InChI is InChI=1S/C22H15Cl2N3.C2HF3O2/c23-18-12-11-17(13-19(18)24)27-21(25)14-20(15-7-3-1-4-8-15)26-22(27)16-9-5-2-6-10-16;3-2(4,5)1(6)7/h1-14,25H;(H,6,7). The normalized spacial score (nSPS) is 10.9. The molecular weight excluding hydrogens is 490 g/mol. The van der Waals surface area contributed by atoms with Crippen molar-refractivity contribution in [1.29, 1.82) is 5.41 Å². The van der Waals surface area contributed by atoms with Crippen LogP contribution >= 0.6 is 23.2 Å². The number of alkyl halides is 3. The first-order chi connectivity index (χ1) is 16.1. The molecule has 174 valence electrons. The van der Waals surface area contributed by atoms with Crippen LogP contribution in [-0.2, 0) is 4.79 Å². The Hall–Kier alpha value is -3.62. The monoisotopic (exact) mass is 505 g/mol. The first kappa shape index (κ1) is 25.0. The molecule has 0 aliphatic heterocycles. The first-order valence-electron chi connectivity index (χ1n) is 9.63. The summed E-state index contributed by atoms with van der Waals surface area (Å²) in [6, 6.07) is 26.7. The minimum absolute atomic E-state index is 0.307. The molecule has 0 amide bonds. The van der Waals surface area contributed by atoms with E-state index in [0.29, 0.717) is 21.4 Å². The Kier molecular flexibility index (Phi) is 7.75. The number of carboxylic acids is 1. The highest BCUT2D eigenvalue weighted by molar-refractivity contribution is 6.42. The second-order valence-corrected chi connectivity index (χ2v) is 7.63. The Morgan fingerprint density at radius 1 is 0.853 bits per heavy atom. The van der Waals surface area contributed by atoms with Crippen molar-refractivity contribution in [2.45, 2.75) is 6.18 Å². The molecule has 0 bridgehead atoms. The van der Waals surface area contributed by atoms with Gasteiger partial charge in [0.15, 0.2) is 0 Å². The molecule has 3 aromatic carbocycles. The zero-order chi connectivity index (χ0) is 24.9. The van der Waals surface area contributed by atoms with Gasteiger partial charge in [0, 0.05) is 17.2 Å². The highest BCUT2D eigenvalue weighted by Crippen LogP contribution is 2.27. The number of hydrogen-bond acceptors (Lipinski definition) is 3. The maximum absolute atomic E-state index is 10.6. The van der Waals surface area contributed by atoms with Crippen molar-refractivity contribution < 1.29 is 23.1 Å². The fourth-order valence-electron chi connectivity index (χ4n) is 2.93. The van der Waals surface area contributed by atoms with Crippen molar-refractivity contribution in [2.75, 3.05) is 0 Å². The number of carbonyl (C=O) groups is 1. The predicted octanol–water partition coefficient (Wildman–Crippen LogP) is 6.63. The number of halogens is 5. The third-order valence-electron chi connectivity index (χ3n) is 4.46. The number of rotatable bonds is 3. The molecule has 2 N–H and O–H groups in total.